The Balaban J connectivity index is 1.43. The molecule has 2 aliphatic heterocycles. The number of benzene rings is 2. The molecule has 2 heterocycles. The number of hydrogen-bond acceptors (Lipinski definition) is 4. The number of hydrogen-bond donors (Lipinski definition) is 1. The van der Waals surface area contributed by atoms with Crippen LogP contribution in [0.25, 0.3) is 0 Å². The van der Waals surface area contributed by atoms with Gasteiger partial charge < -0.3 is 10.2 Å². The van der Waals surface area contributed by atoms with Crippen LogP contribution >= 0.6 is 0 Å². The van der Waals surface area contributed by atoms with E-state index in [-0.39, 0.29) is 22.8 Å². The van der Waals surface area contributed by atoms with Gasteiger partial charge in [0.15, 0.2) is 0 Å². The van der Waals surface area contributed by atoms with Gasteiger partial charge in [0, 0.05) is 42.5 Å². The zero-order chi connectivity index (χ0) is 22.0. The first-order valence-electron chi connectivity index (χ1n) is 10.7. The van der Waals surface area contributed by atoms with Crippen LogP contribution in [-0.2, 0) is 14.8 Å². The highest BCUT2D eigenvalue weighted by Crippen LogP contribution is 2.26. The number of anilines is 2. The van der Waals surface area contributed by atoms with Crippen LogP contribution < -0.4 is 10.2 Å². The van der Waals surface area contributed by atoms with E-state index in [0.29, 0.717) is 24.2 Å². The van der Waals surface area contributed by atoms with Gasteiger partial charge in [-0.05, 0) is 74.7 Å². The molecule has 2 aromatic carbocycles. The minimum atomic E-state index is -3.56. The molecule has 2 fully saturated rings. The summed E-state index contributed by atoms with van der Waals surface area (Å²) in [7, 11) is -3.56. The fourth-order valence-electron chi connectivity index (χ4n) is 4.19. The standard InChI is InChI=1S/C23H27N3O4S/c1-17-5-2-3-16-26(17)31(29,30)21-13-7-18(8-14-21)23(28)24-19-9-11-20(12-10-19)25-15-4-6-22(25)27/h7-14,17H,2-6,15-16H2,1H3,(H,24,28). The molecule has 0 bridgehead atoms. The highest BCUT2D eigenvalue weighted by Gasteiger charge is 2.31. The Hall–Kier alpha value is -2.71. The van der Waals surface area contributed by atoms with Gasteiger partial charge in [-0.3, -0.25) is 9.59 Å². The summed E-state index contributed by atoms with van der Waals surface area (Å²) in [4.78, 5) is 26.4. The highest BCUT2D eigenvalue weighted by molar-refractivity contribution is 7.89. The fourth-order valence-corrected chi connectivity index (χ4v) is 5.89. The molecule has 0 spiro atoms. The Labute approximate surface area is 183 Å². The summed E-state index contributed by atoms with van der Waals surface area (Å²) in [5, 5.41) is 2.81. The molecule has 1 atom stereocenters. The number of rotatable bonds is 5. The summed E-state index contributed by atoms with van der Waals surface area (Å²) in [5.74, 6) is -0.203. The lowest BCUT2D eigenvalue weighted by atomic mass is 10.1. The van der Waals surface area contributed by atoms with E-state index in [1.165, 1.54) is 24.3 Å². The van der Waals surface area contributed by atoms with Crippen LogP contribution in [0, 0.1) is 0 Å². The normalized spacial score (nSPS) is 20.1. The maximum atomic E-state index is 12.9. The molecule has 31 heavy (non-hydrogen) atoms. The van der Waals surface area contributed by atoms with E-state index >= 15 is 0 Å². The van der Waals surface area contributed by atoms with Crippen molar-refractivity contribution in [3.05, 3.63) is 54.1 Å². The van der Waals surface area contributed by atoms with E-state index in [9.17, 15) is 18.0 Å². The van der Waals surface area contributed by atoms with Gasteiger partial charge in [0.25, 0.3) is 5.91 Å². The lowest BCUT2D eigenvalue weighted by Gasteiger charge is -2.32. The quantitative estimate of drug-likeness (QED) is 0.768. The van der Waals surface area contributed by atoms with E-state index in [1.807, 2.05) is 19.1 Å². The van der Waals surface area contributed by atoms with Crippen molar-refractivity contribution in [3.8, 4) is 0 Å². The average Bonchev–Trinajstić information content (AvgIpc) is 3.20. The van der Waals surface area contributed by atoms with Crippen molar-refractivity contribution < 1.29 is 18.0 Å². The molecule has 7 nitrogen and oxygen atoms in total. The number of amides is 2. The molecule has 0 radical (unpaired) electrons. The molecule has 0 saturated carbocycles. The number of nitrogens with zero attached hydrogens (tertiary/aromatic N) is 2. The number of piperidine rings is 1. The van der Waals surface area contributed by atoms with Crippen molar-refractivity contribution in [2.24, 2.45) is 0 Å². The lowest BCUT2D eigenvalue weighted by molar-refractivity contribution is -0.117. The number of carbonyl (C=O) groups excluding carboxylic acids is 2. The summed E-state index contributed by atoms with van der Waals surface area (Å²) in [6.45, 7) is 3.18. The topological polar surface area (TPSA) is 86.8 Å². The van der Waals surface area contributed by atoms with Crippen LogP contribution in [0.4, 0.5) is 11.4 Å². The minimum absolute atomic E-state index is 0.0134. The summed E-state index contributed by atoms with van der Waals surface area (Å²) in [6, 6.07) is 13.2. The maximum absolute atomic E-state index is 12.9. The van der Waals surface area contributed by atoms with Gasteiger partial charge in [0.2, 0.25) is 15.9 Å². The molecule has 8 heteroatoms. The maximum Gasteiger partial charge on any atom is 0.255 e. The first-order valence-corrected chi connectivity index (χ1v) is 12.1. The minimum Gasteiger partial charge on any atom is -0.322 e. The Bertz CT molecular complexity index is 1070. The van der Waals surface area contributed by atoms with Crippen molar-refractivity contribution in [3.63, 3.8) is 0 Å². The van der Waals surface area contributed by atoms with Crippen LogP contribution in [0.2, 0.25) is 0 Å². The molecule has 1 N–H and O–H groups in total. The van der Waals surface area contributed by atoms with Gasteiger partial charge in [-0.25, -0.2) is 8.42 Å². The lowest BCUT2D eigenvalue weighted by Crippen LogP contribution is -2.41. The average molecular weight is 442 g/mol. The van der Waals surface area contributed by atoms with Gasteiger partial charge in [0.05, 0.1) is 4.90 Å². The van der Waals surface area contributed by atoms with Gasteiger partial charge in [0.1, 0.15) is 0 Å². The second-order valence-electron chi connectivity index (χ2n) is 8.13. The molecule has 2 saturated heterocycles. The first kappa shape index (κ1) is 21.5. The fraction of sp³-hybridized carbons (Fsp3) is 0.391. The molecule has 0 aliphatic carbocycles. The van der Waals surface area contributed by atoms with E-state index in [1.54, 1.807) is 21.3 Å². The molecular formula is C23H27N3O4S. The second kappa shape index (κ2) is 8.80. The SMILES string of the molecule is CC1CCCCN1S(=O)(=O)c1ccc(C(=O)Nc2ccc(N3CCCC3=O)cc2)cc1. The van der Waals surface area contributed by atoms with E-state index in [2.05, 4.69) is 5.32 Å². The number of carbonyl (C=O) groups is 2. The number of nitrogens with one attached hydrogen (secondary N) is 1. The summed E-state index contributed by atoms with van der Waals surface area (Å²) in [6.07, 6.45) is 4.21. The third-order valence-electron chi connectivity index (χ3n) is 5.98. The summed E-state index contributed by atoms with van der Waals surface area (Å²) >= 11 is 0. The Morgan fingerprint density at radius 3 is 2.29 bits per heavy atom. The zero-order valence-electron chi connectivity index (χ0n) is 17.6. The Kier molecular flexibility index (Phi) is 6.11. The van der Waals surface area contributed by atoms with Crippen LogP contribution in [0.5, 0.6) is 0 Å². The van der Waals surface area contributed by atoms with Crippen molar-refractivity contribution >= 4 is 33.2 Å². The third-order valence-corrected chi connectivity index (χ3v) is 8.00. The second-order valence-corrected chi connectivity index (χ2v) is 10.0. The summed E-state index contributed by atoms with van der Waals surface area (Å²) in [5.41, 5.74) is 1.81. The molecule has 2 aliphatic rings. The Morgan fingerprint density at radius 2 is 1.68 bits per heavy atom. The third kappa shape index (κ3) is 4.50. The largest absolute Gasteiger partial charge is 0.322 e. The molecule has 164 valence electrons. The van der Waals surface area contributed by atoms with Crippen LogP contribution in [0.3, 0.4) is 0 Å². The smallest absolute Gasteiger partial charge is 0.255 e. The van der Waals surface area contributed by atoms with Crippen LogP contribution in [-0.4, -0.2) is 43.7 Å². The van der Waals surface area contributed by atoms with E-state index < -0.39 is 10.0 Å². The monoisotopic (exact) mass is 441 g/mol. The highest BCUT2D eigenvalue weighted by atomic mass is 32.2. The molecule has 2 aromatic rings. The molecule has 0 aromatic heterocycles. The van der Waals surface area contributed by atoms with Crippen molar-refractivity contribution in [2.45, 2.75) is 50.0 Å². The van der Waals surface area contributed by atoms with Gasteiger partial charge in [-0.2, -0.15) is 4.31 Å². The first-order chi connectivity index (χ1) is 14.9. The molecule has 2 amide bonds. The van der Waals surface area contributed by atoms with Crippen molar-refractivity contribution in [1.29, 1.82) is 0 Å². The van der Waals surface area contributed by atoms with Crippen molar-refractivity contribution in [1.82, 2.24) is 4.31 Å². The zero-order valence-corrected chi connectivity index (χ0v) is 18.4. The predicted octanol–water partition coefficient (Wildman–Crippen LogP) is 3.63. The summed E-state index contributed by atoms with van der Waals surface area (Å²) < 4.78 is 27.4. The Morgan fingerprint density at radius 1 is 0.968 bits per heavy atom. The van der Waals surface area contributed by atoms with E-state index in [4.69, 9.17) is 0 Å². The molecule has 1 unspecified atom stereocenters. The van der Waals surface area contributed by atoms with Crippen molar-refractivity contribution in [2.75, 3.05) is 23.3 Å². The van der Waals surface area contributed by atoms with Crippen LogP contribution in [0.1, 0.15) is 49.4 Å². The van der Waals surface area contributed by atoms with Gasteiger partial charge in [-0.1, -0.05) is 6.42 Å². The van der Waals surface area contributed by atoms with Crippen LogP contribution in [0.15, 0.2) is 53.4 Å². The molecule has 4 rings (SSSR count). The van der Waals surface area contributed by atoms with Gasteiger partial charge in [-0.15, -0.1) is 0 Å². The molecular weight excluding hydrogens is 414 g/mol. The number of sulfonamides is 1. The van der Waals surface area contributed by atoms with Gasteiger partial charge >= 0.3 is 0 Å². The predicted molar refractivity (Wildman–Crippen MR) is 120 cm³/mol. The van der Waals surface area contributed by atoms with E-state index in [0.717, 1.165) is 37.9 Å².